The van der Waals surface area contributed by atoms with Crippen molar-refractivity contribution in [2.45, 2.75) is 122 Å². The van der Waals surface area contributed by atoms with Gasteiger partial charge in [-0.2, -0.15) is 5.06 Å². The van der Waals surface area contributed by atoms with Crippen LogP contribution >= 0.6 is 0 Å². The van der Waals surface area contributed by atoms with Crippen molar-refractivity contribution in [1.29, 1.82) is 0 Å². The van der Waals surface area contributed by atoms with E-state index in [9.17, 15) is 14.4 Å². The number of urea groups is 1. The number of aliphatic imine (C=N–C) groups is 1. The van der Waals surface area contributed by atoms with E-state index in [1.165, 1.54) is 5.06 Å². The lowest BCUT2D eigenvalue weighted by molar-refractivity contribution is -0.130. The number of aromatic nitrogens is 2. The van der Waals surface area contributed by atoms with Crippen LogP contribution in [0.2, 0.25) is 0 Å². The molecule has 0 aromatic carbocycles. The largest absolute Gasteiger partial charge is 0.444 e. The molecule has 0 radical (unpaired) electrons. The molecule has 14 heteroatoms. The van der Waals surface area contributed by atoms with Crippen molar-refractivity contribution < 1.29 is 33.1 Å². The number of unbranched alkanes of at least 4 members (excludes halogenated alkanes) is 1. The van der Waals surface area contributed by atoms with Crippen molar-refractivity contribution in [1.82, 2.24) is 30.8 Å². The Hall–Kier alpha value is -3.42. The third-order valence-electron chi connectivity index (χ3n) is 6.84. The van der Waals surface area contributed by atoms with Crippen LogP contribution in [0.1, 0.15) is 111 Å². The Morgan fingerprint density at radius 2 is 1.73 bits per heavy atom. The number of fused-ring (bicyclic) bond motifs is 2. The number of piperidine rings is 1. The van der Waals surface area contributed by atoms with E-state index in [-0.39, 0.29) is 36.0 Å². The van der Waals surface area contributed by atoms with Gasteiger partial charge < -0.3 is 24.1 Å². The van der Waals surface area contributed by atoms with Crippen LogP contribution in [0.3, 0.4) is 0 Å². The lowest BCUT2D eigenvalue weighted by Gasteiger charge is -2.34. The quantitative estimate of drug-likeness (QED) is 0.270. The van der Waals surface area contributed by atoms with E-state index in [1.807, 2.05) is 0 Å². The van der Waals surface area contributed by atoms with Crippen LogP contribution in [-0.2, 0) is 14.3 Å². The highest BCUT2D eigenvalue weighted by Crippen LogP contribution is 2.41. The average molecular weight is 578 g/mol. The molecule has 0 unspecified atom stereocenters. The summed E-state index contributed by atoms with van der Waals surface area (Å²) < 4.78 is 16.6. The van der Waals surface area contributed by atoms with Gasteiger partial charge in [-0.3, -0.25) is 10.2 Å². The van der Waals surface area contributed by atoms with Crippen molar-refractivity contribution in [3.63, 3.8) is 0 Å². The molecule has 4 amide bonds. The minimum Gasteiger partial charge on any atom is -0.444 e. The van der Waals surface area contributed by atoms with E-state index in [0.717, 1.165) is 25.7 Å². The summed E-state index contributed by atoms with van der Waals surface area (Å²) in [6.07, 6.45) is 3.06. The highest BCUT2D eigenvalue weighted by atomic mass is 16.7. The van der Waals surface area contributed by atoms with Crippen molar-refractivity contribution >= 4 is 24.2 Å². The van der Waals surface area contributed by atoms with Gasteiger partial charge in [-0.15, -0.1) is 15.2 Å². The van der Waals surface area contributed by atoms with Gasteiger partial charge in [-0.05, 0) is 73.6 Å². The maximum absolute atomic E-state index is 13.0. The monoisotopic (exact) mass is 577 g/mol. The van der Waals surface area contributed by atoms with E-state index in [0.29, 0.717) is 37.8 Å². The van der Waals surface area contributed by atoms with E-state index < -0.39 is 23.4 Å². The molecule has 1 saturated carbocycles. The molecule has 2 saturated heterocycles. The molecule has 3 fully saturated rings. The van der Waals surface area contributed by atoms with Crippen LogP contribution in [0.25, 0.3) is 0 Å². The minimum atomic E-state index is -0.839. The van der Waals surface area contributed by atoms with E-state index in [4.69, 9.17) is 18.7 Å². The summed E-state index contributed by atoms with van der Waals surface area (Å²) in [5, 5.41) is 15.6. The standard InChI is InChI=1S/C27H43N7O7/c1-8-9-12-38-34-18-10-11-19(33(15-18)25(34)37)21-32-31-20(39-21)16-13-17(14-16)28-22(29-23(35)40-26(2,3)4)30-24(36)41-27(5,6)7/h16-19H,8-15H2,1-7H3,(H2,28,29,30,35,36)/t16-,17-,18-,19-/m0/s1. The number of amides is 4. The smallest absolute Gasteiger partial charge is 0.437 e. The first kappa shape index (κ1) is 30.5. The second kappa shape index (κ2) is 12.2. The molecule has 41 heavy (non-hydrogen) atoms. The number of alkyl carbamates (subject to hydrolysis) is 1. The molecule has 2 aliphatic heterocycles. The fourth-order valence-electron chi connectivity index (χ4n) is 4.91. The third-order valence-corrected chi connectivity index (χ3v) is 6.84. The zero-order valence-corrected chi connectivity index (χ0v) is 25.1. The molecule has 2 bridgehead atoms. The highest BCUT2D eigenvalue weighted by molar-refractivity contribution is 5.99. The molecule has 1 aromatic rings. The van der Waals surface area contributed by atoms with Crippen LogP contribution in [-0.4, -0.2) is 80.8 Å². The number of carbonyl (C=O) groups excluding carboxylic acids is 3. The Morgan fingerprint density at radius 3 is 2.39 bits per heavy atom. The number of ether oxygens (including phenoxy) is 2. The number of rotatable bonds is 7. The molecule has 1 aromatic heterocycles. The van der Waals surface area contributed by atoms with Crippen LogP contribution in [0.15, 0.2) is 9.41 Å². The topological polar surface area (TPSA) is 161 Å². The fourth-order valence-corrected chi connectivity index (χ4v) is 4.91. The van der Waals surface area contributed by atoms with Gasteiger partial charge in [0.05, 0.1) is 12.6 Å². The van der Waals surface area contributed by atoms with E-state index >= 15 is 0 Å². The fraction of sp³-hybridized carbons (Fsp3) is 0.778. The molecule has 3 heterocycles. The van der Waals surface area contributed by atoms with Gasteiger partial charge in [0, 0.05) is 18.5 Å². The molecule has 228 valence electrons. The van der Waals surface area contributed by atoms with Crippen molar-refractivity contribution in [3.8, 4) is 0 Å². The molecule has 3 aliphatic rings. The lowest BCUT2D eigenvalue weighted by Crippen LogP contribution is -2.51. The van der Waals surface area contributed by atoms with Crippen LogP contribution in [0, 0.1) is 0 Å². The minimum absolute atomic E-state index is 0.0162. The number of hydroxylamine groups is 2. The Morgan fingerprint density at radius 1 is 1.05 bits per heavy atom. The number of hydrogen-bond donors (Lipinski definition) is 2. The van der Waals surface area contributed by atoms with Crippen molar-refractivity contribution in [2.75, 3.05) is 13.2 Å². The van der Waals surface area contributed by atoms with E-state index in [2.05, 4.69) is 32.7 Å². The van der Waals surface area contributed by atoms with Gasteiger partial charge >= 0.3 is 18.2 Å². The Bertz CT molecular complexity index is 1130. The van der Waals surface area contributed by atoms with Gasteiger partial charge in [-0.1, -0.05) is 13.3 Å². The number of hydrogen-bond acceptors (Lipinski definition) is 9. The zero-order valence-electron chi connectivity index (χ0n) is 25.1. The molecule has 2 N–H and O–H groups in total. The molecule has 1 aliphatic carbocycles. The summed E-state index contributed by atoms with van der Waals surface area (Å²) in [5.74, 6) is 0.849. The molecule has 0 spiro atoms. The summed E-state index contributed by atoms with van der Waals surface area (Å²) in [6.45, 7) is 13.6. The molecule has 14 nitrogen and oxygen atoms in total. The first-order valence-electron chi connectivity index (χ1n) is 14.4. The van der Waals surface area contributed by atoms with Crippen molar-refractivity contribution in [3.05, 3.63) is 11.8 Å². The molecular weight excluding hydrogens is 534 g/mol. The van der Waals surface area contributed by atoms with Crippen LogP contribution in [0.5, 0.6) is 0 Å². The maximum atomic E-state index is 13.0. The summed E-state index contributed by atoms with van der Waals surface area (Å²) in [5.41, 5.74) is -1.47. The number of nitrogens with one attached hydrogen (secondary N) is 2. The molecule has 4 rings (SSSR count). The Labute approximate surface area is 240 Å². The number of carbonyl (C=O) groups is 3. The van der Waals surface area contributed by atoms with Gasteiger partial charge in [0.15, 0.2) is 0 Å². The zero-order chi connectivity index (χ0) is 29.9. The third kappa shape index (κ3) is 8.08. The molecule has 2 atom stereocenters. The average Bonchev–Trinajstić information content (AvgIpc) is 3.38. The SMILES string of the molecule is CCCCON1C(=O)N2C[C@@H]1CC[C@H]2c1nnc([C@H]2C[C@H](N/C(=N\C(=O)OC(C)(C)C)NC(=O)OC(C)(C)C)C2)o1. The maximum Gasteiger partial charge on any atom is 0.437 e. The highest BCUT2D eigenvalue weighted by Gasteiger charge is 2.48. The van der Waals surface area contributed by atoms with Crippen molar-refractivity contribution in [2.24, 2.45) is 4.99 Å². The van der Waals surface area contributed by atoms with Gasteiger partial charge in [0.25, 0.3) is 0 Å². The second-order valence-corrected chi connectivity index (χ2v) is 12.8. The molecular formula is C27H43N7O7. The summed E-state index contributed by atoms with van der Waals surface area (Å²) in [4.78, 5) is 49.0. The van der Waals surface area contributed by atoms with E-state index in [1.54, 1.807) is 46.4 Å². The van der Waals surface area contributed by atoms with Gasteiger partial charge in [0.1, 0.15) is 17.2 Å². The summed E-state index contributed by atoms with van der Waals surface area (Å²) in [6, 6.07) is -0.506. The first-order chi connectivity index (χ1) is 19.2. The predicted octanol–water partition coefficient (Wildman–Crippen LogP) is 4.39. The van der Waals surface area contributed by atoms with Crippen LogP contribution < -0.4 is 10.6 Å². The number of guanidine groups is 1. The van der Waals surface area contributed by atoms with Gasteiger partial charge in [-0.25, -0.2) is 14.4 Å². The Kier molecular flexibility index (Phi) is 9.10. The number of nitrogens with zero attached hydrogens (tertiary/aromatic N) is 5. The summed E-state index contributed by atoms with van der Waals surface area (Å²) >= 11 is 0. The second-order valence-electron chi connectivity index (χ2n) is 12.8. The lowest BCUT2D eigenvalue weighted by atomic mass is 9.80. The van der Waals surface area contributed by atoms with Gasteiger partial charge in [0.2, 0.25) is 17.7 Å². The predicted molar refractivity (Wildman–Crippen MR) is 147 cm³/mol. The normalized spacial score (nSPS) is 24.7. The van der Waals surface area contributed by atoms with Crippen LogP contribution in [0.4, 0.5) is 14.4 Å². The Balaban J connectivity index is 1.34. The summed E-state index contributed by atoms with van der Waals surface area (Å²) in [7, 11) is 0. The first-order valence-corrected chi connectivity index (χ1v) is 14.4.